The number of piperidine rings is 1. The molecule has 1 amide bonds. The lowest BCUT2D eigenvalue weighted by atomic mass is 9.49. The molecule has 4 bridgehead atoms. The Morgan fingerprint density at radius 1 is 0.882 bits per heavy atom. The van der Waals surface area contributed by atoms with Crippen molar-refractivity contribution in [2.24, 2.45) is 23.2 Å². The summed E-state index contributed by atoms with van der Waals surface area (Å²) >= 11 is 0. The van der Waals surface area contributed by atoms with E-state index in [0.29, 0.717) is 11.3 Å². The third-order valence-electron chi connectivity index (χ3n) is 9.65. The molecule has 0 aromatic heterocycles. The first-order chi connectivity index (χ1) is 16.6. The third kappa shape index (κ3) is 3.59. The minimum atomic E-state index is -0.265. The van der Waals surface area contributed by atoms with Crippen molar-refractivity contribution in [3.8, 4) is 16.9 Å². The minimum Gasteiger partial charge on any atom is -0.482 e. The maximum atomic E-state index is 13.4. The van der Waals surface area contributed by atoms with Gasteiger partial charge in [0.2, 0.25) is 5.91 Å². The molecule has 0 N–H and O–H groups in total. The second-order valence-corrected chi connectivity index (χ2v) is 12.1. The summed E-state index contributed by atoms with van der Waals surface area (Å²) in [6.45, 7) is 1.62. The van der Waals surface area contributed by atoms with Gasteiger partial charge in [-0.2, -0.15) is 0 Å². The van der Waals surface area contributed by atoms with Gasteiger partial charge in [0.05, 0.1) is 0 Å². The van der Waals surface area contributed by atoms with Gasteiger partial charge in [0.25, 0.3) is 0 Å². The molecule has 8 rings (SSSR count). The molecular formula is C31H35NO2. The van der Waals surface area contributed by atoms with E-state index in [4.69, 9.17) is 4.74 Å². The number of amides is 1. The number of rotatable bonds is 3. The summed E-state index contributed by atoms with van der Waals surface area (Å²) < 4.78 is 6.59. The van der Waals surface area contributed by atoms with Crippen LogP contribution >= 0.6 is 0 Å². The van der Waals surface area contributed by atoms with E-state index in [-0.39, 0.29) is 5.60 Å². The average molecular weight is 454 g/mol. The molecule has 4 saturated carbocycles. The predicted molar refractivity (Wildman–Crippen MR) is 135 cm³/mol. The topological polar surface area (TPSA) is 29.5 Å². The minimum absolute atomic E-state index is 0.265. The number of carbonyl (C=O) groups excluding carboxylic acids is 1. The standard InChI is InChI=1S/C31H35NO2/c33-29(21-30-18-22-14-23(19-30)16-24(15-22)20-30)32-12-10-31(11-13-32)9-8-27-17-26(6-7-28(27)34-31)25-4-2-1-3-5-25/h1-9,17,22-24H,10-16,18-21H2. The summed E-state index contributed by atoms with van der Waals surface area (Å²) in [6, 6.07) is 17.0. The van der Waals surface area contributed by atoms with Crippen molar-refractivity contribution in [1.29, 1.82) is 0 Å². The fraction of sp³-hybridized carbons (Fsp3) is 0.516. The molecule has 1 saturated heterocycles. The SMILES string of the molecule is O=C(CC12CC3CC(CC(C3)C1)C2)N1CCC2(C=Cc3cc(-c4ccccc4)ccc3O2)CC1. The number of ether oxygens (including phenoxy) is 1. The summed E-state index contributed by atoms with van der Waals surface area (Å²) in [6.07, 6.45) is 15.3. The van der Waals surface area contributed by atoms with Gasteiger partial charge in [0, 0.05) is 37.9 Å². The summed E-state index contributed by atoms with van der Waals surface area (Å²) in [4.78, 5) is 15.5. The normalized spacial score (nSPS) is 32.5. The monoisotopic (exact) mass is 453 g/mol. The molecule has 0 atom stereocenters. The van der Waals surface area contributed by atoms with E-state index in [1.807, 2.05) is 0 Å². The van der Waals surface area contributed by atoms with Gasteiger partial charge in [-0.3, -0.25) is 4.79 Å². The van der Waals surface area contributed by atoms with Crippen LogP contribution in [0.15, 0.2) is 54.6 Å². The number of likely N-dealkylation sites (tertiary alicyclic amines) is 1. The largest absolute Gasteiger partial charge is 0.482 e. The molecule has 1 spiro atoms. The first kappa shape index (κ1) is 20.8. The van der Waals surface area contributed by atoms with Crippen molar-refractivity contribution >= 4 is 12.0 Å². The second-order valence-electron chi connectivity index (χ2n) is 12.1. The van der Waals surface area contributed by atoms with Crippen molar-refractivity contribution in [3.63, 3.8) is 0 Å². The fourth-order valence-corrected chi connectivity index (χ4v) is 8.42. The first-order valence-corrected chi connectivity index (χ1v) is 13.4. The van der Waals surface area contributed by atoms with Gasteiger partial charge in [-0.25, -0.2) is 0 Å². The van der Waals surface area contributed by atoms with E-state index < -0.39 is 0 Å². The number of nitrogens with zero attached hydrogens (tertiary/aromatic N) is 1. The number of hydrogen-bond donors (Lipinski definition) is 0. The Hall–Kier alpha value is -2.55. The van der Waals surface area contributed by atoms with E-state index in [1.54, 1.807) is 0 Å². The van der Waals surface area contributed by atoms with Crippen LogP contribution in [0, 0.1) is 23.2 Å². The Bertz CT molecular complexity index is 1090. The molecule has 2 aromatic rings. The molecule has 2 heterocycles. The van der Waals surface area contributed by atoms with Gasteiger partial charge >= 0.3 is 0 Å². The van der Waals surface area contributed by atoms with Gasteiger partial charge in [0.1, 0.15) is 11.4 Å². The molecule has 5 fully saturated rings. The van der Waals surface area contributed by atoms with Gasteiger partial charge in [-0.05, 0) is 91.0 Å². The summed E-state index contributed by atoms with van der Waals surface area (Å²) in [5.41, 5.74) is 3.65. The zero-order valence-corrected chi connectivity index (χ0v) is 20.0. The molecule has 3 heteroatoms. The molecule has 0 unspecified atom stereocenters. The smallest absolute Gasteiger partial charge is 0.223 e. The lowest BCUT2D eigenvalue weighted by molar-refractivity contribution is -0.142. The van der Waals surface area contributed by atoms with Crippen molar-refractivity contribution < 1.29 is 9.53 Å². The van der Waals surface area contributed by atoms with Crippen LogP contribution in [0.1, 0.15) is 63.4 Å². The van der Waals surface area contributed by atoms with E-state index in [0.717, 1.165) is 61.4 Å². The highest BCUT2D eigenvalue weighted by Gasteiger charge is 2.52. The Morgan fingerprint density at radius 2 is 1.56 bits per heavy atom. The summed E-state index contributed by atoms with van der Waals surface area (Å²) in [5.74, 6) is 4.10. The van der Waals surface area contributed by atoms with Crippen LogP contribution in [0.2, 0.25) is 0 Å². The lowest BCUT2D eigenvalue weighted by Crippen LogP contribution is -2.52. The molecule has 6 aliphatic rings. The van der Waals surface area contributed by atoms with Crippen LogP contribution in [0.25, 0.3) is 17.2 Å². The Labute approximate surface area is 203 Å². The Kier molecular flexibility index (Phi) is 4.73. The quantitative estimate of drug-likeness (QED) is 0.516. The van der Waals surface area contributed by atoms with E-state index in [9.17, 15) is 4.79 Å². The molecular weight excluding hydrogens is 418 g/mol. The van der Waals surface area contributed by atoms with Crippen LogP contribution < -0.4 is 4.74 Å². The molecule has 2 aromatic carbocycles. The lowest BCUT2D eigenvalue weighted by Gasteiger charge is -2.57. The summed E-state index contributed by atoms with van der Waals surface area (Å²) in [7, 11) is 0. The molecule has 3 nitrogen and oxygen atoms in total. The molecule has 176 valence electrons. The van der Waals surface area contributed by atoms with Crippen LogP contribution in [0.5, 0.6) is 5.75 Å². The average Bonchev–Trinajstić information content (AvgIpc) is 2.83. The van der Waals surface area contributed by atoms with Gasteiger partial charge < -0.3 is 9.64 Å². The zero-order chi connectivity index (χ0) is 22.8. The van der Waals surface area contributed by atoms with Crippen LogP contribution in [-0.2, 0) is 4.79 Å². The van der Waals surface area contributed by atoms with Crippen LogP contribution in [-0.4, -0.2) is 29.5 Å². The third-order valence-corrected chi connectivity index (χ3v) is 9.65. The van der Waals surface area contributed by atoms with Gasteiger partial charge in [-0.15, -0.1) is 0 Å². The van der Waals surface area contributed by atoms with Crippen LogP contribution in [0.4, 0.5) is 0 Å². The van der Waals surface area contributed by atoms with Crippen molar-refractivity contribution in [1.82, 2.24) is 4.90 Å². The first-order valence-electron chi connectivity index (χ1n) is 13.4. The molecule has 0 radical (unpaired) electrons. The van der Waals surface area contributed by atoms with Gasteiger partial charge in [0.15, 0.2) is 0 Å². The predicted octanol–water partition coefficient (Wildman–Crippen LogP) is 6.73. The highest BCUT2D eigenvalue weighted by atomic mass is 16.5. The number of carbonyl (C=O) groups is 1. The van der Waals surface area contributed by atoms with Crippen molar-refractivity contribution in [2.45, 2.75) is 63.4 Å². The highest BCUT2D eigenvalue weighted by Crippen LogP contribution is 2.61. The maximum absolute atomic E-state index is 13.4. The zero-order valence-electron chi connectivity index (χ0n) is 20.0. The molecule has 34 heavy (non-hydrogen) atoms. The van der Waals surface area contributed by atoms with Crippen molar-refractivity contribution in [2.75, 3.05) is 13.1 Å². The molecule has 2 aliphatic heterocycles. The van der Waals surface area contributed by atoms with E-state index in [2.05, 4.69) is 65.6 Å². The number of benzene rings is 2. The highest BCUT2D eigenvalue weighted by molar-refractivity contribution is 5.77. The van der Waals surface area contributed by atoms with E-state index in [1.165, 1.54) is 49.7 Å². The number of hydrogen-bond acceptors (Lipinski definition) is 2. The number of fused-ring (bicyclic) bond motifs is 1. The Balaban J connectivity index is 1.01. The molecule has 4 aliphatic carbocycles. The van der Waals surface area contributed by atoms with Crippen LogP contribution in [0.3, 0.4) is 0 Å². The van der Waals surface area contributed by atoms with Gasteiger partial charge in [-0.1, -0.05) is 42.5 Å². The van der Waals surface area contributed by atoms with E-state index >= 15 is 0 Å². The fourth-order valence-electron chi connectivity index (χ4n) is 8.42. The summed E-state index contributed by atoms with van der Waals surface area (Å²) in [5, 5.41) is 0. The Morgan fingerprint density at radius 3 is 2.24 bits per heavy atom. The second kappa shape index (κ2) is 7.73. The maximum Gasteiger partial charge on any atom is 0.223 e. The van der Waals surface area contributed by atoms with Crippen molar-refractivity contribution in [3.05, 3.63) is 60.2 Å².